The van der Waals surface area contributed by atoms with Crippen LogP contribution in [0.25, 0.3) is 0 Å². The number of nitrogens with one attached hydrogen (secondary N) is 1. The first kappa shape index (κ1) is 7.89. The quantitative estimate of drug-likeness (QED) is 0.624. The van der Waals surface area contributed by atoms with Crippen molar-refractivity contribution in [2.45, 2.75) is 43.8 Å². The highest BCUT2D eigenvalue weighted by atomic mass is 15.3. The van der Waals surface area contributed by atoms with E-state index < -0.39 is 0 Å². The molecule has 1 N–H and O–H groups in total. The fraction of sp³-hybridized carbons (Fsp3) is 0.833. The van der Waals surface area contributed by atoms with Crippen LogP contribution in [0.1, 0.15) is 25.7 Å². The smallest absolute Gasteiger partial charge is 0.0316 e. The van der Waals surface area contributed by atoms with Gasteiger partial charge in [0.25, 0.3) is 0 Å². The Morgan fingerprint density at radius 1 is 1.43 bits per heavy atom. The minimum Gasteiger partial charge on any atom is -0.311 e. The number of rotatable bonds is 1. The Hall–Kier alpha value is -0.340. The average Bonchev–Trinajstić information content (AvgIpc) is 2.96. The molecule has 2 aliphatic carbocycles. The summed E-state index contributed by atoms with van der Waals surface area (Å²) in [5.41, 5.74) is 1.76. The number of nitrogens with zero attached hydrogens (tertiary/aromatic N) is 1. The van der Waals surface area contributed by atoms with E-state index in [-0.39, 0.29) is 0 Å². The van der Waals surface area contributed by atoms with Crippen molar-refractivity contribution < 1.29 is 0 Å². The first-order valence-electron chi connectivity index (χ1n) is 6.09. The maximum Gasteiger partial charge on any atom is 0.0316 e. The summed E-state index contributed by atoms with van der Waals surface area (Å²) in [7, 11) is 0. The van der Waals surface area contributed by atoms with E-state index in [2.05, 4.69) is 16.3 Å². The molecule has 4 aliphatic rings. The molecule has 2 aliphatic heterocycles. The van der Waals surface area contributed by atoms with Crippen LogP contribution >= 0.6 is 0 Å². The normalized spacial score (nSPS) is 50.4. The van der Waals surface area contributed by atoms with Crippen LogP contribution in [-0.2, 0) is 0 Å². The zero-order chi connectivity index (χ0) is 9.12. The standard InChI is InChI=1S/C12H18N2/c1-2-9-3-8(1)4-12(9)14-7-10-5-11(14)6-13-10/h4,9-13H,1-3,5-7H2. The number of hydrogen-bond donors (Lipinski definition) is 1. The number of likely N-dealkylation sites (tertiary alicyclic amines) is 1. The summed E-state index contributed by atoms with van der Waals surface area (Å²) < 4.78 is 0. The third kappa shape index (κ3) is 0.934. The van der Waals surface area contributed by atoms with Gasteiger partial charge in [-0.15, -0.1) is 0 Å². The van der Waals surface area contributed by atoms with E-state index in [9.17, 15) is 0 Å². The molecule has 0 radical (unpaired) electrons. The maximum atomic E-state index is 3.59. The topological polar surface area (TPSA) is 15.3 Å². The second-order valence-electron chi connectivity index (χ2n) is 5.51. The Morgan fingerprint density at radius 2 is 2.43 bits per heavy atom. The minimum absolute atomic E-state index is 0.817. The molecule has 76 valence electrons. The molecule has 2 saturated heterocycles. The molecule has 4 rings (SSSR count). The van der Waals surface area contributed by atoms with Gasteiger partial charge in [-0.2, -0.15) is 0 Å². The summed E-state index contributed by atoms with van der Waals surface area (Å²) >= 11 is 0. The minimum atomic E-state index is 0.817. The zero-order valence-corrected chi connectivity index (χ0v) is 8.58. The Balaban J connectivity index is 1.60. The van der Waals surface area contributed by atoms with Crippen LogP contribution in [0.4, 0.5) is 0 Å². The van der Waals surface area contributed by atoms with Gasteiger partial charge in [0, 0.05) is 31.2 Å². The van der Waals surface area contributed by atoms with Gasteiger partial charge in [0.1, 0.15) is 0 Å². The van der Waals surface area contributed by atoms with Gasteiger partial charge >= 0.3 is 0 Å². The second kappa shape index (κ2) is 2.61. The molecule has 0 aromatic rings. The van der Waals surface area contributed by atoms with Crippen molar-refractivity contribution in [3.63, 3.8) is 0 Å². The van der Waals surface area contributed by atoms with Crippen LogP contribution in [0.15, 0.2) is 11.6 Å². The van der Waals surface area contributed by atoms with Crippen molar-refractivity contribution in [1.82, 2.24) is 10.2 Å². The molecule has 2 heteroatoms. The average molecular weight is 190 g/mol. The number of allylic oxidation sites excluding steroid dienone is 1. The van der Waals surface area contributed by atoms with Crippen LogP contribution in [0, 0.1) is 5.92 Å². The van der Waals surface area contributed by atoms with Crippen molar-refractivity contribution >= 4 is 0 Å². The van der Waals surface area contributed by atoms with Crippen LogP contribution in [0.5, 0.6) is 0 Å². The van der Waals surface area contributed by atoms with E-state index >= 15 is 0 Å². The van der Waals surface area contributed by atoms with Gasteiger partial charge in [-0.3, -0.25) is 4.90 Å². The molecule has 3 fully saturated rings. The third-order valence-corrected chi connectivity index (χ3v) is 4.73. The van der Waals surface area contributed by atoms with Gasteiger partial charge in [0.05, 0.1) is 0 Å². The predicted molar refractivity (Wildman–Crippen MR) is 56.1 cm³/mol. The maximum absolute atomic E-state index is 3.59. The molecule has 1 saturated carbocycles. The van der Waals surface area contributed by atoms with E-state index in [1.54, 1.807) is 5.57 Å². The number of piperazine rings is 1. The third-order valence-electron chi connectivity index (χ3n) is 4.73. The fourth-order valence-electron chi connectivity index (χ4n) is 4.06. The lowest BCUT2D eigenvalue weighted by Crippen LogP contribution is -2.49. The Labute approximate surface area is 85.4 Å². The van der Waals surface area contributed by atoms with Crippen LogP contribution in [-0.4, -0.2) is 36.1 Å². The van der Waals surface area contributed by atoms with Crippen LogP contribution in [0.2, 0.25) is 0 Å². The fourth-order valence-corrected chi connectivity index (χ4v) is 4.06. The van der Waals surface area contributed by atoms with Gasteiger partial charge in [0.2, 0.25) is 0 Å². The summed E-state index contributed by atoms with van der Waals surface area (Å²) in [5, 5.41) is 3.59. The van der Waals surface area contributed by atoms with Crippen molar-refractivity contribution in [2.75, 3.05) is 13.1 Å². The highest BCUT2D eigenvalue weighted by Crippen LogP contribution is 2.44. The number of hydrogen-bond acceptors (Lipinski definition) is 2. The lowest BCUT2D eigenvalue weighted by atomic mass is 9.97. The highest BCUT2D eigenvalue weighted by molar-refractivity contribution is 5.24. The van der Waals surface area contributed by atoms with Crippen molar-refractivity contribution in [2.24, 2.45) is 5.92 Å². The van der Waals surface area contributed by atoms with Gasteiger partial charge in [0.15, 0.2) is 0 Å². The lowest BCUT2D eigenvalue weighted by molar-refractivity contribution is 0.149. The summed E-state index contributed by atoms with van der Waals surface area (Å²) in [6.07, 6.45) is 8.30. The van der Waals surface area contributed by atoms with E-state index in [0.29, 0.717) is 0 Å². The molecule has 4 bridgehead atoms. The first-order valence-corrected chi connectivity index (χ1v) is 6.09. The van der Waals surface area contributed by atoms with Gasteiger partial charge in [-0.25, -0.2) is 0 Å². The highest BCUT2D eigenvalue weighted by Gasteiger charge is 2.45. The number of fused-ring (bicyclic) bond motifs is 4. The molecule has 14 heavy (non-hydrogen) atoms. The largest absolute Gasteiger partial charge is 0.311 e. The van der Waals surface area contributed by atoms with E-state index in [1.807, 2.05) is 0 Å². The summed E-state index contributed by atoms with van der Waals surface area (Å²) in [4.78, 5) is 2.79. The Morgan fingerprint density at radius 3 is 3.00 bits per heavy atom. The summed E-state index contributed by atoms with van der Waals surface area (Å²) in [6, 6.07) is 2.51. The van der Waals surface area contributed by atoms with E-state index in [0.717, 1.165) is 24.0 Å². The molecule has 0 aromatic carbocycles. The SMILES string of the molecule is C1=C2CCC(C2)C1N1CC2CC1CN2. The van der Waals surface area contributed by atoms with E-state index in [1.165, 1.54) is 38.8 Å². The first-order chi connectivity index (χ1) is 6.90. The van der Waals surface area contributed by atoms with Crippen LogP contribution < -0.4 is 5.32 Å². The monoisotopic (exact) mass is 190 g/mol. The van der Waals surface area contributed by atoms with Crippen molar-refractivity contribution in [3.05, 3.63) is 11.6 Å². The van der Waals surface area contributed by atoms with Gasteiger partial charge in [-0.05, 0) is 31.6 Å². The molecule has 0 spiro atoms. The predicted octanol–water partition coefficient (Wildman–Crippen LogP) is 1.14. The molecular weight excluding hydrogens is 172 g/mol. The molecule has 4 unspecified atom stereocenters. The summed E-state index contributed by atoms with van der Waals surface area (Å²) in [6.45, 7) is 2.56. The Bertz CT molecular complexity index is 297. The molecule has 0 amide bonds. The zero-order valence-electron chi connectivity index (χ0n) is 8.58. The summed E-state index contributed by atoms with van der Waals surface area (Å²) in [5.74, 6) is 0.990. The van der Waals surface area contributed by atoms with Crippen molar-refractivity contribution in [1.29, 1.82) is 0 Å². The Kier molecular flexibility index (Phi) is 1.47. The van der Waals surface area contributed by atoms with Crippen molar-refractivity contribution in [3.8, 4) is 0 Å². The lowest BCUT2D eigenvalue weighted by Gasteiger charge is -2.35. The second-order valence-corrected chi connectivity index (χ2v) is 5.51. The molecule has 0 aromatic heterocycles. The molecule has 2 nitrogen and oxygen atoms in total. The molecule has 4 atom stereocenters. The van der Waals surface area contributed by atoms with Crippen LogP contribution in [0.3, 0.4) is 0 Å². The van der Waals surface area contributed by atoms with Gasteiger partial charge in [-0.1, -0.05) is 11.6 Å². The molecular formula is C12H18N2. The van der Waals surface area contributed by atoms with E-state index in [4.69, 9.17) is 0 Å². The van der Waals surface area contributed by atoms with Gasteiger partial charge < -0.3 is 5.32 Å². The molecule has 2 heterocycles.